The summed E-state index contributed by atoms with van der Waals surface area (Å²) in [5.74, 6) is 0.344. The zero-order valence-corrected chi connectivity index (χ0v) is 20.7. The molecule has 2 amide bonds. The van der Waals surface area contributed by atoms with Crippen LogP contribution in [-0.4, -0.2) is 54.5 Å². The largest absolute Gasteiger partial charge is 0.497 e. The quantitative estimate of drug-likeness (QED) is 0.575. The number of carbonyl (C=O) groups is 3. The van der Waals surface area contributed by atoms with Crippen molar-refractivity contribution in [3.8, 4) is 5.75 Å². The fourth-order valence-electron chi connectivity index (χ4n) is 4.54. The second-order valence-corrected chi connectivity index (χ2v) is 8.83. The maximum absolute atomic E-state index is 13.1. The van der Waals surface area contributed by atoms with Gasteiger partial charge in [-0.25, -0.2) is 4.79 Å². The van der Waals surface area contributed by atoms with Crippen LogP contribution in [0.1, 0.15) is 64.4 Å². The van der Waals surface area contributed by atoms with Gasteiger partial charge in [-0.1, -0.05) is 19.1 Å². The van der Waals surface area contributed by atoms with Gasteiger partial charge in [0.2, 0.25) is 5.91 Å². The molecule has 1 aromatic carbocycles. The number of hydrogen-bond donors (Lipinski definition) is 2. The lowest BCUT2D eigenvalue weighted by Crippen LogP contribution is -2.42. The average molecular weight is 470 g/mol. The topological polar surface area (TPSA) is 101 Å². The molecule has 2 heterocycles. The molecule has 1 saturated heterocycles. The maximum atomic E-state index is 13.1. The van der Waals surface area contributed by atoms with Gasteiger partial charge in [0.1, 0.15) is 11.4 Å². The van der Waals surface area contributed by atoms with Crippen molar-refractivity contribution < 1.29 is 23.9 Å². The number of aromatic amines is 1. The predicted molar refractivity (Wildman–Crippen MR) is 129 cm³/mol. The predicted octanol–water partition coefficient (Wildman–Crippen LogP) is 3.62. The van der Waals surface area contributed by atoms with Crippen LogP contribution in [0.5, 0.6) is 5.75 Å². The molecule has 1 unspecified atom stereocenters. The van der Waals surface area contributed by atoms with Crippen LogP contribution in [0.2, 0.25) is 0 Å². The Morgan fingerprint density at radius 1 is 1.15 bits per heavy atom. The zero-order chi connectivity index (χ0) is 24.8. The summed E-state index contributed by atoms with van der Waals surface area (Å²) in [6.07, 6.45) is 1.51. The Kier molecular flexibility index (Phi) is 8.36. The van der Waals surface area contributed by atoms with Crippen molar-refractivity contribution in [2.75, 3.05) is 26.8 Å². The highest BCUT2D eigenvalue weighted by Crippen LogP contribution is 2.27. The lowest BCUT2D eigenvalue weighted by molar-refractivity contribution is -0.126. The number of rotatable bonds is 8. The number of amides is 2. The van der Waals surface area contributed by atoms with Gasteiger partial charge in [-0.15, -0.1) is 0 Å². The van der Waals surface area contributed by atoms with E-state index in [9.17, 15) is 14.4 Å². The van der Waals surface area contributed by atoms with Gasteiger partial charge in [-0.3, -0.25) is 9.59 Å². The van der Waals surface area contributed by atoms with E-state index in [1.807, 2.05) is 31.2 Å². The van der Waals surface area contributed by atoms with Crippen molar-refractivity contribution in [1.29, 1.82) is 0 Å². The average Bonchev–Trinajstić information content (AvgIpc) is 3.15. The van der Waals surface area contributed by atoms with E-state index in [-0.39, 0.29) is 30.3 Å². The van der Waals surface area contributed by atoms with Gasteiger partial charge >= 0.3 is 5.97 Å². The molecule has 1 aliphatic rings. The zero-order valence-electron chi connectivity index (χ0n) is 20.7. The molecule has 8 heteroatoms. The maximum Gasteiger partial charge on any atom is 0.340 e. The molecule has 1 aliphatic heterocycles. The molecule has 184 valence electrons. The summed E-state index contributed by atoms with van der Waals surface area (Å²) >= 11 is 0. The first kappa shape index (κ1) is 25.3. The summed E-state index contributed by atoms with van der Waals surface area (Å²) < 4.78 is 10.3. The number of nitrogens with one attached hydrogen (secondary N) is 2. The Hall–Kier alpha value is -3.29. The van der Waals surface area contributed by atoms with Crippen LogP contribution in [-0.2, 0) is 16.1 Å². The molecule has 0 radical (unpaired) electrons. The third kappa shape index (κ3) is 5.61. The number of likely N-dealkylation sites (tertiary alicyclic amines) is 1. The minimum atomic E-state index is -0.416. The minimum Gasteiger partial charge on any atom is -0.497 e. The van der Waals surface area contributed by atoms with Crippen molar-refractivity contribution in [3.63, 3.8) is 0 Å². The lowest BCUT2D eigenvalue weighted by atomic mass is 9.84. The van der Waals surface area contributed by atoms with Crippen molar-refractivity contribution in [1.82, 2.24) is 15.2 Å². The number of aromatic nitrogens is 1. The summed E-state index contributed by atoms with van der Waals surface area (Å²) in [4.78, 5) is 43.0. The molecule has 3 rings (SSSR count). The number of ether oxygens (including phenoxy) is 2. The number of benzene rings is 1. The molecule has 2 aromatic rings. The van der Waals surface area contributed by atoms with Gasteiger partial charge in [0.05, 0.1) is 19.3 Å². The fraction of sp³-hybridized carbons (Fsp3) is 0.500. The van der Waals surface area contributed by atoms with Gasteiger partial charge in [-0.2, -0.15) is 0 Å². The molecule has 1 atom stereocenters. The highest BCUT2D eigenvalue weighted by molar-refractivity contribution is 6.00. The Balaban J connectivity index is 1.54. The van der Waals surface area contributed by atoms with Gasteiger partial charge in [0.15, 0.2) is 0 Å². The highest BCUT2D eigenvalue weighted by Gasteiger charge is 2.32. The number of methoxy groups -OCH3 is 1. The van der Waals surface area contributed by atoms with E-state index in [0.29, 0.717) is 42.1 Å². The number of H-pyrrole nitrogens is 1. The third-order valence-electron chi connectivity index (χ3n) is 6.70. The number of carbonyl (C=O) groups excluding carboxylic acids is 3. The molecule has 34 heavy (non-hydrogen) atoms. The first-order valence-corrected chi connectivity index (χ1v) is 11.8. The van der Waals surface area contributed by atoms with Crippen LogP contribution in [0.15, 0.2) is 24.3 Å². The Morgan fingerprint density at radius 3 is 2.38 bits per heavy atom. The molecule has 0 bridgehead atoms. The standard InChI is InChI=1S/C26H35N3O5/c1-6-34-26(32)22-17(3)23(28-18(22)4)25(31)29-13-11-20(12-14-29)16(2)24(30)27-15-19-7-9-21(33-5)10-8-19/h7-10,16,20,28H,6,11-15H2,1-5H3,(H,27,30). The number of piperidine rings is 1. The molecular formula is C26H35N3O5. The second-order valence-electron chi connectivity index (χ2n) is 8.83. The van der Waals surface area contributed by atoms with Crippen molar-refractivity contribution in [2.24, 2.45) is 11.8 Å². The summed E-state index contributed by atoms with van der Waals surface area (Å²) in [6, 6.07) is 7.62. The van der Waals surface area contributed by atoms with E-state index in [4.69, 9.17) is 9.47 Å². The van der Waals surface area contributed by atoms with Crippen LogP contribution < -0.4 is 10.1 Å². The number of nitrogens with zero attached hydrogens (tertiary/aromatic N) is 1. The smallest absolute Gasteiger partial charge is 0.340 e. The van der Waals surface area contributed by atoms with E-state index < -0.39 is 5.97 Å². The van der Waals surface area contributed by atoms with Crippen molar-refractivity contribution in [2.45, 2.75) is 47.1 Å². The summed E-state index contributed by atoms with van der Waals surface area (Å²) in [7, 11) is 1.62. The SMILES string of the molecule is CCOC(=O)c1c(C)[nH]c(C(=O)N2CCC(C(C)C(=O)NCc3ccc(OC)cc3)CC2)c1C. The van der Waals surface area contributed by atoms with E-state index in [1.54, 1.807) is 32.8 Å². The summed E-state index contributed by atoms with van der Waals surface area (Å²) in [5.41, 5.74) is 3.14. The summed E-state index contributed by atoms with van der Waals surface area (Å²) in [6.45, 7) is 9.16. The second kappa shape index (κ2) is 11.2. The van der Waals surface area contributed by atoms with Gasteiger partial charge in [-0.05, 0) is 62.8 Å². The third-order valence-corrected chi connectivity index (χ3v) is 6.70. The van der Waals surface area contributed by atoms with Crippen LogP contribution in [0.25, 0.3) is 0 Å². The Bertz CT molecular complexity index is 1020. The molecule has 1 fully saturated rings. The van der Waals surface area contributed by atoms with Crippen molar-refractivity contribution in [3.05, 3.63) is 52.3 Å². The van der Waals surface area contributed by atoms with Crippen molar-refractivity contribution >= 4 is 17.8 Å². The van der Waals surface area contributed by atoms with Crippen LogP contribution in [0.3, 0.4) is 0 Å². The number of hydrogen-bond acceptors (Lipinski definition) is 5. The number of esters is 1. The Labute approximate surface area is 201 Å². The molecule has 0 spiro atoms. The van der Waals surface area contributed by atoms with Gasteiger partial charge in [0, 0.05) is 31.2 Å². The molecular weight excluding hydrogens is 434 g/mol. The lowest BCUT2D eigenvalue weighted by Gasteiger charge is -2.34. The molecule has 2 N–H and O–H groups in total. The molecule has 8 nitrogen and oxygen atoms in total. The van der Waals surface area contributed by atoms with Crippen LogP contribution in [0.4, 0.5) is 0 Å². The van der Waals surface area contributed by atoms with E-state index in [1.165, 1.54) is 0 Å². The van der Waals surface area contributed by atoms with Gasteiger partial charge < -0.3 is 24.7 Å². The van der Waals surface area contributed by atoms with Crippen LogP contribution in [0, 0.1) is 25.7 Å². The highest BCUT2D eigenvalue weighted by atomic mass is 16.5. The van der Waals surface area contributed by atoms with E-state index in [0.717, 1.165) is 24.2 Å². The molecule has 0 aliphatic carbocycles. The minimum absolute atomic E-state index is 0.0236. The normalized spacial score (nSPS) is 15.0. The first-order valence-electron chi connectivity index (χ1n) is 11.8. The van der Waals surface area contributed by atoms with Crippen LogP contribution >= 0.6 is 0 Å². The first-order chi connectivity index (χ1) is 16.3. The summed E-state index contributed by atoms with van der Waals surface area (Å²) in [5, 5.41) is 3.02. The monoisotopic (exact) mass is 469 g/mol. The van der Waals surface area contributed by atoms with E-state index >= 15 is 0 Å². The molecule has 0 saturated carbocycles. The van der Waals surface area contributed by atoms with Gasteiger partial charge in [0.25, 0.3) is 5.91 Å². The Morgan fingerprint density at radius 2 is 1.79 bits per heavy atom. The molecule has 1 aromatic heterocycles. The fourth-order valence-corrected chi connectivity index (χ4v) is 4.54. The number of aryl methyl sites for hydroxylation is 1. The van der Waals surface area contributed by atoms with E-state index in [2.05, 4.69) is 10.3 Å².